The number of halogens is 4. The lowest BCUT2D eigenvalue weighted by Gasteiger charge is -2.39. The molecule has 3 heterocycles. The number of hydrogen-bond acceptors (Lipinski definition) is 5. The van der Waals surface area contributed by atoms with Crippen molar-refractivity contribution < 1.29 is 36.7 Å². The molecule has 8 nitrogen and oxygen atoms in total. The van der Waals surface area contributed by atoms with E-state index in [1.165, 1.54) is 29.6 Å². The maximum absolute atomic E-state index is 14.3. The van der Waals surface area contributed by atoms with E-state index in [2.05, 4.69) is 4.99 Å². The summed E-state index contributed by atoms with van der Waals surface area (Å²) in [6.45, 7) is 0. The molecule has 31 heavy (non-hydrogen) atoms. The van der Waals surface area contributed by atoms with E-state index in [1.54, 1.807) is 10.6 Å². The molecule has 0 spiro atoms. The number of fused-ring (bicyclic) bond motifs is 1. The fourth-order valence-corrected chi connectivity index (χ4v) is 4.02. The number of alkyl halides is 3. The highest BCUT2D eigenvalue weighted by atomic mass is 32.1. The van der Waals surface area contributed by atoms with Crippen LogP contribution in [0.5, 0.6) is 0 Å². The van der Waals surface area contributed by atoms with Gasteiger partial charge >= 0.3 is 12.2 Å². The monoisotopic (exact) mass is 454 g/mol. The van der Waals surface area contributed by atoms with Crippen LogP contribution in [0.25, 0.3) is 0 Å². The van der Waals surface area contributed by atoms with Gasteiger partial charge in [0.2, 0.25) is 11.4 Å². The van der Waals surface area contributed by atoms with Crippen LogP contribution in [0, 0.1) is 11.7 Å². The quantitative estimate of drug-likeness (QED) is 0.694. The third-order valence-electron chi connectivity index (χ3n) is 4.77. The number of amidine groups is 1. The molecule has 13 heteroatoms. The molecule has 4 rings (SSSR count). The third-order valence-corrected chi connectivity index (χ3v) is 5.63. The Kier molecular flexibility index (Phi) is 4.65. The number of carbonyl (C=O) groups excluding carboxylic acids is 4. The Labute approximate surface area is 174 Å². The van der Waals surface area contributed by atoms with Crippen LogP contribution in [0.4, 0.5) is 28.0 Å². The van der Waals surface area contributed by atoms with Gasteiger partial charge in [0.15, 0.2) is 0 Å². The predicted octanol–water partition coefficient (Wildman–Crippen LogP) is 2.23. The Morgan fingerprint density at radius 3 is 2.48 bits per heavy atom. The molecule has 2 N–H and O–H groups in total. The molecule has 1 aromatic carbocycles. The molecule has 0 bridgehead atoms. The molecule has 2 aliphatic rings. The van der Waals surface area contributed by atoms with Gasteiger partial charge in [-0.15, -0.1) is 11.3 Å². The Hall–Kier alpha value is -3.61. The van der Waals surface area contributed by atoms with Crippen LogP contribution in [-0.2, 0) is 9.59 Å². The number of hydrogen-bond donors (Lipinski definition) is 2. The molecule has 2 aromatic rings. The Morgan fingerprint density at radius 2 is 1.87 bits per heavy atom. The number of anilines is 1. The second-order valence-corrected chi connectivity index (χ2v) is 7.47. The number of aliphatic imine (C=N–C) groups is 1. The smallest absolute Gasteiger partial charge is 0.328 e. The van der Waals surface area contributed by atoms with Crippen molar-refractivity contribution in [3.8, 4) is 0 Å². The number of rotatable bonds is 3. The average Bonchev–Trinajstić information content (AvgIpc) is 3.30. The fraction of sp³-hybridized carbons (Fsp3) is 0.167. The summed E-state index contributed by atoms with van der Waals surface area (Å²) in [6, 6.07) is 5.90. The van der Waals surface area contributed by atoms with Crippen molar-refractivity contribution in [2.24, 2.45) is 10.9 Å². The van der Waals surface area contributed by atoms with E-state index >= 15 is 0 Å². The number of imide groups is 1. The van der Waals surface area contributed by atoms with E-state index in [4.69, 9.17) is 0 Å². The SMILES string of the molecule is O=C(NC1(C(F)(F)F)C(=O)N=C2C1C(=O)NC(=O)N2c1ccccc1F)c1cccs1. The number of urea groups is 1. The van der Waals surface area contributed by atoms with Crippen LogP contribution >= 0.6 is 11.3 Å². The van der Waals surface area contributed by atoms with Crippen LogP contribution in [-0.4, -0.2) is 41.3 Å². The average molecular weight is 454 g/mol. The van der Waals surface area contributed by atoms with Crippen molar-refractivity contribution in [1.82, 2.24) is 10.6 Å². The van der Waals surface area contributed by atoms with E-state index in [-0.39, 0.29) is 4.88 Å². The summed E-state index contributed by atoms with van der Waals surface area (Å²) in [5.41, 5.74) is -4.30. The highest BCUT2D eigenvalue weighted by Crippen LogP contribution is 2.44. The largest absolute Gasteiger partial charge is 0.422 e. The first kappa shape index (κ1) is 20.7. The standard InChI is InChI=1S/C18H10F4N4O4S/c19-8-4-1-2-5-9(8)26-12-11(14(28)24-16(26)30)17(15(29)23-12,18(20,21)22)25-13(27)10-6-3-7-31-10/h1-7,11H,(H,25,27)(H,24,28,30). The van der Waals surface area contributed by atoms with Gasteiger partial charge in [0.25, 0.3) is 11.8 Å². The normalized spacial score (nSPS) is 23.4. The molecule has 1 aromatic heterocycles. The number of nitrogens with one attached hydrogen (secondary N) is 2. The minimum atomic E-state index is -5.48. The predicted molar refractivity (Wildman–Crippen MR) is 98.9 cm³/mol. The molecule has 2 aliphatic heterocycles. The highest BCUT2D eigenvalue weighted by Gasteiger charge is 2.74. The summed E-state index contributed by atoms with van der Waals surface area (Å²) < 4.78 is 57.1. The van der Waals surface area contributed by atoms with Gasteiger partial charge in [-0.1, -0.05) is 18.2 Å². The van der Waals surface area contributed by atoms with Crippen LogP contribution < -0.4 is 15.5 Å². The zero-order chi connectivity index (χ0) is 22.6. The Balaban J connectivity index is 1.86. The first-order chi connectivity index (χ1) is 14.6. The molecule has 5 amide bonds. The molecule has 1 saturated heterocycles. The van der Waals surface area contributed by atoms with Crippen molar-refractivity contribution in [1.29, 1.82) is 0 Å². The van der Waals surface area contributed by atoms with Gasteiger partial charge in [0.05, 0.1) is 10.6 Å². The Morgan fingerprint density at radius 1 is 1.16 bits per heavy atom. The Bertz CT molecular complexity index is 1150. The summed E-state index contributed by atoms with van der Waals surface area (Å²) in [7, 11) is 0. The van der Waals surface area contributed by atoms with Gasteiger partial charge in [0.1, 0.15) is 17.6 Å². The van der Waals surface area contributed by atoms with Gasteiger partial charge < -0.3 is 5.32 Å². The summed E-state index contributed by atoms with van der Waals surface area (Å²) in [5.74, 6) is -9.08. The minimum Gasteiger partial charge on any atom is -0.328 e. The first-order valence-electron chi connectivity index (χ1n) is 8.53. The van der Waals surface area contributed by atoms with Crippen molar-refractivity contribution in [2.45, 2.75) is 11.7 Å². The molecule has 0 radical (unpaired) electrons. The summed E-state index contributed by atoms with van der Waals surface area (Å²) in [4.78, 5) is 53.4. The molecular formula is C18H10F4N4O4S. The van der Waals surface area contributed by atoms with Gasteiger partial charge in [-0.3, -0.25) is 19.7 Å². The number of benzene rings is 1. The zero-order valence-corrected chi connectivity index (χ0v) is 15.9. The summed E-state index contributed by atoms with van der Waals surface area (Å²) in [6.07, 6.45) is -5.48. The number of para-hydroxylation sites is 1. The summed E-state index contributed by atoms with van der Waals surface area (Å²) >= 11 is 0.812. The second kappa shape index (κ2) is 6.97. The lowest BCUT2D eigenvalue weighted by atomic mass is 9.81. The van der Waals surface area contributed by atoms with Crippen molar-refractivity contribution in [3.05, 3.63) is 52.5 Å². The van der Waals surface area contributed by atoms with Gasteiger partial charge in [0, 0.05) is 0 Å². The van der Waals surface area contributed by atoms with E-state index in [0.29, 0.717) is 4.90 Å². The van der Waals surface area contributed by atoms with Gasteiger partial charge in [-0.2, -0.15) is 18.2 Å². The topological polar surface area (TPSA) is 108 Å². The molecule has 1 fully saturated rings. The fourth-order valence-electron chi connectivity index (χ4n) is 3.40. The van der Waals surface area contributed by atoms with Crippen LogP contribution in [0.2, 0.25) is 0 Å². The first-order valence-corrected chi connectivity index (χ1v) is 9.41. The zero-order valence-electron chi connectivity index (χ0n) is 15.1. The third kappa shape index (κ3) is 3.00. The van der Waals surface area contributed by atoms with Crippen LogP contribution in [0.1, 0.15) is 9.67 Å². The van der Waals surface area contributed by atoms with Crippen molar-refractivity contribution >= 4 is 46.6 Å². The highest BCUT2D eigenvalue weighted by molar-refractivity contribution is 7.12. The number of amides is 5. The lowest BCUT2D eigenvalue weighted by molar-refractivity contribution is -0.201. The van der Waals surface area contributed by atoms with Crippen LogP contribution in [0.15, 0.2) is 46.8 Å². The van der Waals surface area contributed by atoms with E-state index < -0.39 is 58.7 Å². The van der Waals surface area contributed by atoms with E-state index in [9.17, 15) is 36.7 Å². The lowest BCUT2D eigenvalue weighted by Crippen LogP contribution is -2.72. The van der Waals surface area contributed by atoms with Crippen LogP contribution in [0.3, 0.4) is 0 Å². The number of nitrogens with zero attached hydrogens (tertiary/aromatic N) is 2. The maximum Gasteiger partial charge on any atom is 0.422 e. The van der Waals surface area contributed by atoms with E-state index in [0.717, 1.165) is 23.5 Å². The number of carbonyl (C=O) groups is 4. The molecular weight excluding hydrogens is 444 g/mol. The molecule has 2 atom stereocenters. The van der Waals surface area contributed by atoms with Crippen molar-refractivity contribution in [2.75, 3.05) is 4.90 Å². The minimum absolute atomic E-state index is 0.150. The van der Waals surface area contributed by atoms with E-state index in [1.807, 2.05) is 0 Å². The molecule has 0 saturated carbocycles. The van der Waals surface area contributed by atoms with Crippen molar-refractivity contribution in [3.63, 3.8) is 0 Å². The summed E-state index contributed by atoms with van der Waals surface area (Å²) in [5, 5.41) is 4.72. The maximum atomic E-state index is 14.3. The molecule has 160 valence electrons. The second-order valence-electron chi connectivity index (χ2n) is 6.53. The number of thiophene rings is 1. The van der Waals surface area contributed by atoms with Gasteiger partial charge in [-0.05, 0) is 23.6 Å². The van der Waals surface area contributed by atoms with Gasteiger partial charge in [-0.25, -0.2) is 14.1 Å². The molecule has 0 aliphatic carbocycles. The molecule has 2 unspecified atom stereocenters.